The molecule has 0 saturated heterocycles. The first-order valence-corrected chi connectivity index (χ1v) is 6.37. The van der Waals surface area contributed by atoms with Gasteiger partial charge in [-0.2, -0.15) is 0 Å². The lowest BCUT2D eigenvalue weighted by molar-refractivity contribution is -0.137. The monoisotopic (exact) mass is 249 g/mol. The highest BCUT2D eigenvalue weighted by Crippen LogP contribution is 2.32. The van der Waals surface area contributed by atoms with Crippen LogP contribution in [0.4, 0.5) is 5.69 Å². The molecular formula is C14H19NO3. The van der Waals surface area contributed by atoms with E-state index < -0.39 is 5.97 Å². The highest BCUT2D eigenvalue weighted by Gasteiger charge is 2.17. The van der Waals surface area contributed by atoms with Crippen molar-refractivity contribution >= 4 is 11.7 Å². The molecule has 0 atom stereocenters. The lowest BCUT2D eigenvalue weighted by Crippen LogP contribution is -2.33. The fraction of sp³-hybridized carbons (Fsp3) is 0.500. The fourth-order valence-corrected chi connectivity index (χ4v) is 2.20. The van der Waals surface area contributed by atoms with Crippen molar-refractivity contribution in [3.8, 4) is 5.75 Å². The molecule has 0 saturated carbocycles. The van der Waals surface area contributed by atoms with Gasteiger partial charge < -0.3 is 14.7 Å². The molecule has 1 heterocycles. The van der Waals surface area contributed by atoms with Gasteiger partial charge in [0.2, 0.25) is 0 Å². The highest BCUT2D eigenvalue weighted by molar-refractivity contribution is 5.66. The Morgan fingerprint density at radius 1 is 1.44 bits per heavy atom. The molecule has 1 aromatic carbocycles. The second-order valence-electron chi connectivity index (χ2n) is 4.66. The molecule has 0 amide bonds. The molecule has 0 bridgehead atoms. The number of hydrogen-bond acceptors (Lipinski definition) is 3. The third-order valence-electron chi connectivity index (χ3n) is 3.14. The van der Waals surface area contributed by atoms with E-state index in [9.17, 15) is 4.79 Å². The number of fused-ring (bicyclic) bond motifs is 1. The zero-order chi connectivity index (χ0) is 13.0. The summed E-state index contributed by atoms with van der Waals surface area (Å²) in [5.41, 5.74) is 2.32. The van der Waals surface area contributed by atoms with E-state index in [0.29, 0.717) is 6.61 Å². The standard InChI is InChI=1S/C14H19NO3/c1-11-5-6-12-13(10-11)18-9-8-15(12)7-3-2-4-14(16)17/h5-6,10H,2-4,7-9H2,1H3,(H,16,17). The number of carboxylic acid groups (broad SMARTS) is 1. The van der Waals surface area contributed by atoms with E-state index in [1.807, 2.05) is 0 Å². The second-order valence-corrected chi connectivity index (χ2v) is 4.66. The normalized spacial score (nSPS) is 13.9. The number of carbonyl (C=O) groups is 1. The van der Waals surface area contributed by atoms with Gasteiger partial charge in [-0.25, -0.2) is 0 Å². The quantitative estimate of drug-likeness (QED) is 0.814. The minimum absolute atomic E-state index is 0.255. The average Bonchev–Trinajstić information content (AvgIpc) is 2.34. The van der Waals surface area contributed by atoms with Gasteiger partial charge in [0.05, 0.1) is 12.2 Å². The van der Waals surface area contributed by atoms with Crippen LogP contribution in [0.3, 0.4) is 0 Å². The topological polar surface area (TPSA) is 49.8 Å². The van der Waals surface area contributed by atoms with Crippen molar-refractivity contribution in [2.45, 2.75) is 26.2 Å². The van der Waals surface area contributed by atoms with Gasteiger partial charge in [0, 0.05) is 13.0 Å². The molecule has 4 heteroatoms. The molecule has 18 heavy (non-hydrogen) atoms. The van der Waals surface area contributed by atoms with Crippen molar-refractivity contribution in [3.05, 3.63) is 23.8 Å². The summed E-state index contributed by atoms with van der Waals surface area (Å²) in [5.74, 6) is 0.229. The number of nitrogens with zero attached hydrogens (tertiary/aromatic N) is 1. The Bertz CT molecular complexity index is 431. The number of unbranched alkanes of at least 4 members (excludes halogenated alkanes) is 1. The SMILES string of the molecule is Cc1ccc2c(c1)OCCN2CCCCC(=O)O. The van der Waals surface area contributed by atoms with Crippen molar-refractivity contribution in [3.63, 3.8) is 0 Å². The predicted octanol–water partition coefficient (Wildman–Crippen LogP) is 2.45. The van der Waals surface area contributed by atoms with E-state index in [-0.39, 0.29) is 6.42 Å². The molecule has 2 rings (SSSR count). The van der Waals surface area contributed by atoms with E-state index >= 15 is 0 Å². The van der Waals surface area contributed by atoms with Crippen molar-refractivity contribution in [2.24, 2.45) is 0 Å². The van der Waals surface area contributed by atoms with E-state index in [1.165, 1.54) is 5.56 Å². The lowest BCUT2D eigenvalue weighted by Gasteiger charge is -2.31. The largest absolute Gasteiger partial charge is 0.490 e. The number of carboxylic acids is 1. The van der Waals surface area contributed by atoms with Crippen LogP contribution in [0.15, 0.2) is 18.2 Å². The van der Waals surface area contributed by atoms with Crippen LogP contribution in [0.5, 0.6) is 5.75 Å². The summed E-state index contributed by atoms with van der Waals surface area (Å²) >= 11 is 0. The smallest absolute Gasteiger partial charge is 0.303 e. The van der Waals surface area contributed by atoms with Crippen LogP contribution in [0.1, 0.15) is 24.8 Å². The predicted molar refractivity (Wildman–Crippen MR) is 70.4 cm³/mol. The van der Waals surface area contributed by atoms with Crippen molar-refractivity contribution < 1.29 is 14.6 Å². The first-order chi connectivity index (χ1) is 8.66. The Morgan fingerprint density at radius 2 is 2.28 bits per heavy atom. The van der Waals surface area contributed by atoms with Crippen LogP contribution in [0.2, 0.25) is 0 Å². The molecule has 0 fully saturated rings. The Balaban J connectivity index is 1.93. The summed E-state index contributed by atoms with van der Waals surface area (Å²) in [6.07, 6.45) is 1.89. The van der Waals surface area contributed by atoms with Crippen LogP contribution >= 0.6 is 0 Å². The van der Waals surface area contributed by atoms with Gasteiger partial charge in [-0.05, 0) is 37.5 Å². The molecule has 0 spiro atoms. The second kappa shape index (κ2) is 5.76. The molecule has 0 aliphatic carbocycles. The number of benzene rings is 1. The summed E-state index contributed by atoms with van der Waals surface area (Å²) in [4.78, 5) is 12.7. The average molecular weight is 249 g/mol. The summed E-state index contributed by atoms with van der Waals surface area (Å²) in [6.45, 7) is 4.53. The van der Waals surface area contributed by atoms with Gasteiger partial charge in [-0.1, -0.05) is 6.07 Å². The molecule has 0 aromatic heterocycles. The molecule has 1 aliphatic heterocycles. The molecule has 1 N–H and O–H groups in total. The third kappa shape index (κ3) is 3.15. The molecule has 1 aromatic rings. The van der Waals surface area contributed by atoms with Crippen LogP contribution < -0.4 is 9.64 Å². The van der Waals surface area contributed by atoms with Crippen molar-refractivity contribution in [1.82, 2.24) is 0 Å². The minimum Gasteiger partial charge on any atom is -0.490 e. The van der Waals surface area contributed by atoms with E-state index in [4.69, 9.17) is 9.84 Å². The summed E-state index contributed by atoms with van der Waals surface area (Å²) in [7, 11) is 0. The zero-order valence-electron chi connectivity index (χ0n) is 10.7. The number of aliphatic carboxylic acids is 1. The lowest BCUT2D eigenvalue weighted by atomic mass is 10.1. The number of hydrogen-bond donors (Lipinski definition) is 1. The molecule has 0 radical (unpaired) electrons. The maximum atomic E-state index is 10.5. The Hall–Kier alpha value is -1.71. The fourth-order valence-electron chi connectivity index (χ4n) is 2.20. The number of aryl methyl sites for hydroxylation is 1. The third-order valence-corrected chi connectivity index (χ3v) is 3.14. The number of rotatable bonds is 5. The maximum Gasteiger partial charge on any atom is 0.303 e. The first-order valence-electron chi connectivity index (χ1n) is 6.37. The molecule has 1 aliphatic rings. The first kappa shape index (κ1) is 12.7. The minimum atomic E-state index is -0.715. The van der Waals surface area contributed by atoms with E-state index in [2.05, 4.69) is 30.0 Å². The molecule has 4 nitrogen and oxygen atoms in total. The van der Waals surface area contributed by atoms with Crippen LogP contribution in [-0.4, -0.2) is 30.8 Å². The zero-order valence-corrected chi connectivity index (χ0v) is 10.7. The van der Waals surface area contributed by atoms with Gasteiger partial charge in [-0.3, -0.25) is 4.79 Å². The number of anilines is 1. The summed E-state index contributed by atoms with van der Waals surface area (Å²) < 4.78 is 5.64. The van der Waals surface area contributed by atoms with Gasteiger partial charge in [-0.15, -0.1) is 0 Å². The Kier molecular flexibility index (Phi) is 4.07. The highest BCUT2D eigenvalue weighted by atomic mass is 16.5. The van der Waals surface area contributed by atoms with Crippen LogP contribution in [-0.2, 0) is 4.79 Å². The van der Waals surface area contributed by atoms with Crippen molar-refractivity contribution in [2.75, 3.05) is 24.6 Å². The molecular weight excluding hydrogens is 230 g/mol. The van der Waals surface area contributed by atoms with Gasteiger partial charge in [0.15, 0.2) is 0 Å². The summed E-state index contributed by atoms with van der Waals surface area (Å²) in [5, 5.41) is 8.61. The maximum absolute atomic E-state index is 10.5. The van der Waals surface area contributed by atoms with Crippen LogP contribution in [0.25, 0.3) is 0 Å². The van der Waals surface area contributed by atoms with E-state index in [0.717, 1.165) is 37.4 Å². The number of ether oxygens (including phenoxy) is 1. The van der Waals surface area contributed by atoms with Gasteiger partial charge in [0.1, 0.15) is 12.4 Å². The van der Waals surface area contributed by atoms with E-state index in [1.54, 1.807) is 0 Å². The van der Waals surface area contributed by atoms with Gasteiger partial charge >= 0.3 is 5.97 Å². The Labute approximate surface area is 107 Å². The molecule has 98 valence electrons. The molecule has 0 unspecified atom stereocenters. The van der Waals surface area contributed by atoms with Crippen LogP contribution in [0, 0.1) is 6.92 Å². The van der Waals surface area contributed by atoms with Gasteiger partial charge in [0.25, 0.3) is 0 Å². The van der Waals surface area contributed by atoms with Crippen molar-refractivity contribution in [1.29, 1.82) is 0 Å². The summed E-state index contributed by atoms with van der Waals surface area (Å²) in [6, 6.07) is 6.22. The Morgan fingerprint density at radius 3 is 3.06 bits per heavy atom.